The monoisotopic (exact) mass is 140 g/mol. The number of halogens is 1. The molecule has 0 aromatic carbocycles. The van der Waals surface area contributed by atoms with Crippen LogP contribution in [0.1, 0.15) is 6.42 Å². The average molecular weight is 141 g/mol. The minimum atomic E-state index is 0.480. The summed E-state index contributed by atoms with van der Waals surface area (Å²) in [5.74, 6) is 3.54. The van der Waals surface area contributed by atoms with E-state index < -0.39 is 0 Å². The second-order valence-corrected chi connectivity index (χ2v) is 4.05. The number of hydrogen-bond acceptors (Lipinski definition) is 0. The van der Waals surface area contributed by atoms with Crippen molar-refractivity contribution in [3.05, 3.63) is 12.2 Å². The molecule has 3 aliphatic carbocycles. The molecular weight excluding hydrogens is 132 g/mol. The van der Waals surface area contributed by atoms with Crippen molar-refractivity contribution in [3.8, 4) is 0 Å². The fourth-order valence-electron chi connectivity index (χ4n) is 2.60. The third-order valence-electron chi connectivity index (χ3n) is 3.17. The zero-order valence-corrected chi connectivity index (χ0v) is 5.88. The second kappa shape index (κ2) is 1.22. The average Bonchev–Trinajstić information content (AvgIpc) is 2.53. The Morgan fingerprint density at radius 2 is 1.67 bits per heavy atom. The Kier molecular flexibility index (Phi) is 0.649. The van der Waals surface area contributed by atoms with Gasteiger partial charge in [0, 0.05) is 5.38 Å². The van der Waals surface area contributed by atoms with E-state index in [1.54, 1.807) is 0 Å². The summed E-state index contributed by atoms with van der Waals surface area (Å²) < 4.78 is 0. The molecule has 1 heteroatoms. The molecule has 0 heterocycles. The molecule has 0 aromatic heterocycles. The molecule has 0 nitrogen and oxygen atoms in total. The van der Waals surface area contributed by atoms with Crippen LogP contribution < -0.4 is 0 Å². The summed E-state index contributed by atoms with van der Waals surface area (Å²) in [6.45, 7) is 0. The van der Waals surface area contributed by atoms with Crippen LogP contribution in [0.4, 0.5) is 0 Å². The maximum absolute atomic E-state index is 6.14. The molecule has 0 spiro atoms. The number of fused-ring (bicyclic) bond motifs is 5. The van der Waals surface area contributed by atoms with Gasteiger partial charge in [-0.25, -0.2) is 0 Å². The highest BCUT2D eigenvalue weighted by Gasteiger charge is 2.59. The Morgan fingerprint density at radius 1 is 1.11 bits per heavy atom. The van der Waals surface area contributed by atoms with Crippen LogP contribution in [-0.2, 0) is 0 Å². The molecule has 0 aliphatic heterocycles. The van der Waals surface area contributed by atoms with Crippen LogP contribution in [0.2, 0.25) is 0 Å². The predicted octanol–water partition coefficient (Wildman–Crippen LogP) is 2.05. The number of hydrogen-bond donors (Lipinski definition) is 0. The molecule has 2 bridgehead atoms. The van der Waals surface area contributed by atoms with Gasteiger partial charge in [-0.15, -0.1) is 11.6 Å². The third kappa shape index (κ3) is 0.400. The van der Waals surface area contributed by atoms with Crippen molar-refractivity contribution in [2.24, 2.45) is 23.7 Å². The van der Waals surface area contributed by atoms with E-state index in [9.17, 15) is 0 Å². The summed E-state index contributed by atoms with van der Waals surface area (Å²) in [5.41, 5.74) is 0. The molecule has 2 fully saturated rings. The molecule has 2 saturated carbocycles. The zero-order chi connectivity index (χ0) is 6.01. The molecule has 0 aromatic rings. The Bertz CT molecular complexity index is 167. The van der Waals surface area contributed by atoms with Gasteiger partial charge in [-0.2, -0.15) is 0 Å². The standard InChI is InChI=1S/C8H9Cl/c9-8-4-1-2-5(8)7-3-6(4)7/h1-2,4-8H,3H2/t4-,5+,6-,7+,8?. The fourth-order valence-corrected chi connectivity index (χ4v) is 3.15. The van der Waals surface area contributed by atoms with Gasteiger partial charge in [-0.05, 0) is 30.1 Å². The fraction of sp³-hybridized carbons (Fsp3) is 0.750. The Morgan fingerprint density at radius 3 is 2.00 bits per heavy atom. The Labute approximate surface area is 59.9 Å². The first-order valence-corrected chi connectivity index (χ1v) is 4.14. The molecule has 0 N–H and O–H groups in total. The van der Waals surface area contributed by atoms with Crippen molar-refractivity contribution in [3.63, 3.8) is 0 Å². The summed E-state index contributed by atoms with van der Waals surface area (Å²) in [6.07, 6.45) is 6.12. The summed E-state index contributed by atoms with van der Waals surface area (Å²) in [6, 6.07) is 0. The van der Waals surface area contributed by atoms with E-state index >= 15 is 0 Å². The number of allylic oxidation sites excluding steroid dienone is 2. The molecular formula is C8H9Cl. The molecule has 0 radical (unpaired) electrons. The lowest BCUT2D eigenvalue weighted by atomic mass is 10.1. The van der Waals surface area contributed by atoms with Gasteiger partial charge < -0.3 is 0 Å². The molecule has 3 aliphatic rings. The second-order valence-electron chi connectivity index (χ2n) is 3.55. The van der Waals surface area contributed by atoms with E-state index in [1.165, 1.54) is 6.42 Å². The largest absolute Gasteiger partial charge is 0.122 e. The van der Waals surface area contributed by atoms with Gasteiger partial charge in [-0.3, -0.25) is 0 Å². The highest BCUT2D eigenvalue weighted by atomic mass is 35.5. The van der Waals surface area contributed by atoms with Gasteiger partial charge in [0.25, 0.3) is 0 Å². The van der Waals surface area contributed by atoms with E-state index in [0.29, 0.717) is 5.38 Å². The lowest BCUT2D eigenvalue weighted by Gasteiger charge is -2.08. The van der Waals surface area contributed by atoms with Crippen molar-refractivity contribution in [2.75, 3.05) is 0 Å². The van der Waals surface area contributed by atoms with Crippen LogP contribution in [0.25, 0.3) is 0 Å². The first kappa shape index (κ1) is 4.79. The molecule has 0 amide bonds. The summed E-state index contributed by atoms with van der Waals surface area (Å²) in [5, 5.41) is 0.480. The van der Waals surface area contributed by atoms with Crippen LogP contribution in [0.15, 0.2) is 12.2 Å². The number of alkyl halides is 1. The maximum Gasteiger partial charge on any atom is 0.0466 e. The first-order valence-electron chi connectivity index (χ1n) is 3.70. The summed E-state index contributed by atoms with van der Waals surface area (Å²) in [4.78, 5) is 0. The van der Waals surface area contributed by atoms with Gasteiger partial charge in [0.05, 0.1) is 0 Å². The van der Waals surface area contributed by atoms with Crippen LogP contribution in [0, 0.1) is 23.7 Å². The highest BCUT2D eigenvalue weighted by Crippen LogP contribution is 2.64. The third-order valence-corrected chi connectivity index (χ3v) is 3.75. The molecule has 9 heavy (non-hydrogen) atoms. The molecule has 5 atom stereocenters. The SMILES string of the molecule is ClC1[C@H]2C=C[C@@H]1[C@H]1C[C@H]12. The van der Waals surface area contributed by atoms with Crippen molar-refractivity contribution < 1.29 is 0 Å². The van der Waals surface area contributed by atoms with E-state index in [1.807, 2.05) is 0 Å². The van der Waals surface area contributed by atoms with Crippen molar-refractivity contribution >= 4 is 11.6 Å². The highest BCUT2D eigenvalue weighted by molar-refractivity contribution is 6.21. The van der Waals surface area contributed by atoms with Gasteiger partial charge in [0.15, 0.2) is 0 Å². The summed E-state index contributed by atoms with van der Waals surface area (Å²) in [7, 11) is 0. The minimum absolute atomic E-state index is 0.480. The lowest BCUT2D eigenvalue weighted by Crippen LogP contribution is -2.10. The quantitative estimate of drug-likeness (QED) is 0.357. The van der Waals surface area contributed by atoms with Crippen LogP contribution in [-0.4, -0.2) is 5.38 Å². The normalized spacial score (nSPS) is 66.6. The Balaban J connectivity index is 2.08. The van der Waals surface area contributed by atoms with Crippen molar-refractivity contribution in [2.45, 2.75) is 11.8 Å². The van der Waals surface area contributed by atoms with E-state index in [-0.39, 0.29) is 0 Å². The molecule has 48 valence electrons. The molecule has 1 unspecified atom stereocenters. The smallest absolute Gasteiger partial charge is 0.0466 e. The van der Waals surface area contributed by atoms with E-state index in [4.69, 9.17) is 11.6 Å². The number of rotatable bonds is 0. The Hall–Kier alpha value is 0.0300. The van der Waals surface area contributed by atoms with Crippen molar-refractivity contribution in [1.29, 1.82) is 0 Å². The molecule has 3 rings (SSSR count). The minimum Gasteiger partial charge on any atom is -0.122 e. The van der Waals surface area contributed by atoms with E-state index in [0.717, 1.165) is 23.7 Å². The zero-order valence-electron chi connectivity index (χ0n) is 5.13. The van der Waals surface area contributed by atoms with Gasteiger partial charge in [0.1, 0.15) is 0 Å². The van der Waals surface area contributed by atoms with Gasteiger partial charge in [0.2, 0.25) is 0 Å². The molecule has 0 saturated heterocycles. The van der Waals surface area contributed by atoms with Crippen LogP contribution >= 0.6 is 11.6 Å². The van der Waals surface area contributed by atoms with Crippen LogP contribution in [0.5, 0.6) is 0 Å². The first-order chi connectivity index (χ1) is 4.38. The topological polar surface area (TPSA) is 0 Å². The predicted molar refractivity (Wildman–Crippen MR) is 37.4 cm³/mol. The summed E-state index contributed by atoms with van der Waals surface area (Å²) >= 11 is 6.14. The van der Waals surface area contributed by atoms with Crippen molar-refractivity contribution in [1.82, 2.24) is 0 Å². The van der Waals surface area contributed by atoms with Crippen LogP contribution in [0.3, 0.4) is 0 Å². The maximum atomic E-state index is 6.14. The lowest BCUT2D eigenvalue weighted by molar-refractivity contribution is 0.584. The van der Waals surface area contributed by atoms with Gasteiger partial charge in [-0.1, -0.05) is 12.2 Å². The van der Waals surface area contributed by atoms with Gasteiger partial charge >= 0.3 is 0 Å². The van der Waals surface area contributed by atoms with E-state index in [2.05, 4.69) is 12.2 Å².